The second-order valence-electron chi connectivity index (χ2n) is 4.30. The minimum absolute atomic E-state index is 0.0576. The monoisotopic (exact) mass is 263 g/mol. The highest BCUT2D eigenvalue weighted by molar-refractivity contribution is 6.01. The van der Waals surface area contributed by atoms with Gasteiger partial charge in [-0.05, 0) is 12.5 Å². The fraction of sp³-hybridized carbons (Fsp3) is 0.333. The van der Waals surface area contributed by atoms with E-state index in [2.05, 4.69) is 5.32 Å². The normalized spacial score (nSPS) is 15.0. The van der Waals surface area contributed by atoms with E-state index in [4.69, 9.17) is 0 Å². The van der Waals surface area contributed by atoms with Crippen LogP contribution in [0.15, 0.2) is 18.2 Å². The van der Waals surface area contributed by atoms with Gasteiger partial charge in [-0.1, -0.05) is 12.1 Å². The highest BCUT2D eigenvalue weighted by Gasteiger charge is 2.29. The first kappa shape index (κ1) is 13.0. The molecule has 0 spiro atoms. The van der Waals surface area contributed by atoms with E-state index in [1.807, 2.05) is 0 Å². The van der Waals surface area contributed by atoms with Gasteiger partial charge in [-0.15, -0.1) is 0 Å². The van der Waals surface area contributed by atoms with Crippen LogP contribution in [0.1, 0.15) is 15.9 Å². The first-order valence-corrected chi connectivity index (χ1v) is 5.80. The van der Waals surface area contributed by atoms with Gasteiger partial charge < -0.3 is 10.2 Å². The fourth-order valence-corrected chi connectivity index (χ4v) is 2.05. The van der Waals surface area contributed by atoms with E-state index in [1.54, 1.807) is 13.0 Å². The standard InChI is InChI=1S/C12H13N3O4/c1-8-3-2-4-9(15(18)19)11(8)12(17)14-6-5-13-10(16)7-14/h2-4H,5-7H2,1H3,(H,13,16). The first-order valence-electron chi connectivity index (χ1n) is 5.80. The van der Waals surface area contributed by atoms with Crippen molar-refractivity contribution in [2.45, 2.75) is 6.92 Å². The molecule has 1 fully saturated rings. The van der Waals surface area contributed by atoms with Crippen LogP contribution < -0.4 is 5.32 Å². The van der Waals surface area contributed by atoms with E-state index in [-0.39, 0.29) is 23.7 Å². The zero-order chi connectivity index (χ0) is 14.0. The average molecular weight is 263 g/mol. The summed E-state index contributed by atoms with van der Waals surface area (Å²) < 4.78 is 0. The molecular formula is C12H13N3O4. The van der Waals surface area contributed by atoms with Gasteiger partial charge in [0.15, 0.2) is 0 Å². The van der Waals surface area contributed by atoms with Gasteiger partial charge in [-0.3, -0.25) is 19.7 Å². The van der Waals surface area contributed by atoms with E-state index in [1.165, 1.54) is 17.0 Å². The molecule has 0 unspecified atom stereocenters. The molecule has 100 valence electrons. The van der Waals surface area contributed by atoms with Gasteiger partial charge in [-0.2, -0.15) is 0 Å². The van der Waals surface area contributed by atoms with Crippen molar-refractivity contribution in [1.82, 2.24) is 10.2 Å². The van der Waals surface area contributed by atoms with Crippen molar-refractivity contribution in [3.8, 4) is 0 Å². The van der Waals surface area contributed by atoms with E-state index < -0.39 is 10.8 Å². The van der Waals surface area contributed by atoms with Gasteiger partial charge in [0, 0.05) is 19.2 Å². The van der Waals surface area contributed by atoms with Crippen molar-refractivity contribution in [2.75, 3.05) is 19.6 Å². The average Bonchev–Trinajstić information content (AvgIpc) is 2.37. The van der Waals surface area contributed by atoms with Gasteiger partial charge in [0.1, 0.15) is 5.56 Å². The summed E-state index contributed by atoms with van der Waals surface area (Å²) in [5.41, 5.74) is 0.364. The third-order valence-electron chi connectivity index (χ3n) is 2.99. The molecule has 1 aromatic rings. The Bertz CT molecular complexity index is 556. The highest BCUT2D eigenvalue weighted by atomic mass is 16.6. The Labute approximate surface area is 109 Å². The molecule has 19 heavy (non-hydrogen) atoms. The molecule has 0 atom stereocenters. The maximum atomic E-state index is 12.3. The van der Waals surface area contributed by atoms with Crippen molar-refractivity contribution in [3.63, 3.8) is 0 Å². The Hall–Kier alpha value is -2.44. The number of nitro benzene ring substituents is 1. The molecule has 1 saturated heterocycles. The Kier molecular flexibility index (Phi) is 3.46. The zero-order valence-electron chi connectivity index (χ0n) is 10.4. The Morgan fingerprint density at radius 3 is 2.84 bits per heavy atom. The number of nitrogens with zero attached hydrogens (tertiary/aromatic N) is 2. The van der Waals surface area contributed by atoms with Gasteiger partial charge in [0.2, 0.25) is 5.91 Å². The van der Waals surface area contributed by atoms with Crippen LogP contribution in [-0.2, 0) is 4.79 Å². The summed E-state index contributed by atoms with van der Waals surface area (Å²) in [6.07, 6.45) is 0. The third-order valence-corrected chi connectivity index (χ3v) is 2.99. The number of hydrogen-bond acceptors (Lipinski definition) is 4. The maximum Gasteiger partial charge on any atom is 0.282 e. The van der Waals surface area contributed by atoms with Gasteiger partial charge in [-0.25, -0.2) is 0 Å². The number of nitrogens with one attached hydrogen (secondary N) is 1. The van der Waals surface area contributed by atoms with Gasteiger partial charge >= 0.3 is 0 Å². The van der Waals surface area contributed by atoms with Crippen LogP contribution in [-0.4, -0.2) is 41.3 Å². The number of nitro groups is 1. The topological polar surface area (TPSA) is 92.6 Å². The lowest BCUT2D eigenvalue weighted by Crippen LogP contribution is -2.50. The van der Waals surface area contributed by atoms with Crippen LogP contribution in [0.25, 0.3) is 0 Å². The number of aryl methyl sites for hydroxylation is 1. The van der Waals surface area contributed by atoms with Crippen LogP contribution in [0.4, 0.5) is 5.69 Å². The molecule has 1 aromatic carbocycles. The molecule has 0 aliphatic carbocycles. The lowest BCUT2D eigenvalue weighted by atomic mass is 10.0. The Morgan fingerprint density at radius 1 is 1.47 bits per heavy atom. The molecule has 0 radical (unpaired) electrons. The molecule has 7 heteroatoms. The molecule has 0 bridgehead atoms. The molecule has 1 heterocycles. The smallest absolute Gasteiger partial charge is 0.282 e. The number of carbonyl (C=O) groups excluding carboxylic acids is 2. The number of carbonyl (C=O) groups is 2. The van der Waals surface area contributed by atoms with E-state index in [0.29, 0.717) is 18.7 Å². The van der Waals surface area contributed by atoms with Crippen molar-refractivity contribution in [2.24, 2.45) is 0 Å². The molecule has 1 N–H and O–H groups in total. The minimum Gasteiger partial charge on any atom is -0.353 e. The van der Waals surface area contributed by atoms with Crippen LogP contribution >= 0.6 is 0 Å². The number of piperazine rings is 1. The molecule has 2 amide bonds. The van der Waals surface area contributed by atoms with E-state index in [0.717, 1.165) is 0 Å². The second-order valence-corrected chi connectivity index (χ2v) is 4.30. The molecular weight excluding hydrogens is 250 g/mol. The summed E-state index contributed by atoms with van der Waals surface area (Å²) in [6.45, 7) is 2.30. The summed E-state index contributed by atoms with van der Waals surface area (Å²) in [7, 11) is 0. The van der Waals surface area contributed by atoms with E-state index in [9.17, 15) is 19.7 Å². The van der Waals surface area contributed by atoms with E-state index >= 15 is 0 Å². The third kappa shape index (κ3) is 2.54. The molecule has 0 saturated carbocycles. The zero-order valence-corrected chi connectivity index (χ0v) is 10.4. The van der Waals surface area contributed by atoms with Crippen molar-refractivity contribution >= 4 is 17.5 Å². The maximum absolute atomic E-state index is 12.3. The number of hydrogen-bond donors (Lipinski definition) is 1. The molecule has 1 aliphatic heterocycles. The Morgan fingerprint density at radius 2 is 2.21 bits per heavy atom. The van der Waals surface area contributed by atoms with Crippen LogP contribution in [0.5, 0.6) is 0 Å². The summed E-state index contributed by atoms with van der Waals surface area (Å²) in [4.78, 5) is 35.3. The van der Waals surface area contributed by atoms with Crippen LogP contribution in [0.3, 0.4) is 0 Å². The number of amides is 2. The predicted molar refractivity (Wildman–Crippen MR) is 66.7 cm³/mol. The lowest BCUT2D eigenvalue weighted by molar-refractivity contribution is -0.385. The highest BCUT2D eigenvalue weighted by Crippen LogP contribution is 2.23. The minimum atomic E-state index is -0.579. The predicted octanol–water partition coefficient (Wildman–Crippen LogP) is 0.475. The molecule has 7 nitrogen and oxygen atoms in total. The number of benzene rings is 1. The summed E-state index contributed by atoms with van der Waals surface area (Å²) >= 11 is 0. The SMILES string of the molecule is Cc1cccc([N+](=O)[O-])c1C(=O)N1CCNC(=O)C1. The van der Waals surface area contributed by atoms with Crippen molar-refractivity contribution in [1.29, 1.82) is 0 Å². The molecule has 0 aromatic heterocycles. The largest absolute Gasteiger partial charge is 0.353 e. The quantitative estimate of drug-likeness (QED) is 0.620. The Balaban J connectivity index is 2.38. The van der Waals surface area contributed by atoms with Gasteiger partial charge in [0.05, 0.1) is 11.5 Å². The lowest BCUT2D eigenvalue weighted by Gasteiger charge is -2.27. The summed E-state index contributed by atoms with van der Waals surface area (Å²) in [5, 5.41) is 13.6. The van der Waals surface area contributed by atoms with Crippen LogP contribution in [0, 0.1) is 17.0 Å². The second kappa shape index (κ2) is 5.05. The summed E-state index contributed by atoms with van der Waals surface area (Å²) in [6, 6.07) is 4.47. The van der Waals surface area contributed by atoms with Gasteiger partial charge in [0.25, 0.3) is 11.6 Å². The summed E-state index contributed by atoms with van der Waals surface area (Å²) in [5.74, 6) is -0.726. The fourth-order valence-electron chi connectivity index (χ4n) is 2.05. The first-order chi connectivity index (χ1) is 9.00. The molecule has 2 rings (SSSR count). The van der Waals surface area contributed by atoms with Crippen LogP contribution in [0.2, 0.25) is 0 Å². The van der Waals surface area contributed by atoms with Crippen molar-refractivity contribution < 1.29 is 14.5 Å². The number of rotatable bonds is 2. The molecule has 1 aliphatic rings. The van der Waals surface area contributed by atoms with Crippen molar-refractivity contribution in [3.05, 3.63) is 39.4 Å².